The molecule has 0 aliphatic heterocycles. The molecule has 7 heteroatoms. The molecule has 2 heterocycles. The van der Waals surface area contributed by atoms with Gasteiger partial charge in [0.15, 0.2) is 0 Å². The monoisotopic (exact) mass is 317 g/mol. The van der Waals surface area contributed by atoms with Gasteiger partial charge in [0.25, 0.3) is 0 Å². The number of nitrogens with zero attached hydrogens (tertiary/aromatic N) is 4. The topological polar surface area (TPSA) is 84.2 Å². The van der Waals surface area contributed by atoms with Crippen molar-refractivity contribution in [2.45, 2.75) is 40.2 Å². The average molecular weight is 317 g/mol. The van der Waals surface area contributed by atoms with E-state index in [2.05, 4.69) is 20.4 Å². The lowest BCUT2D eigenvalue weighted by molar-refractivity contribution is -0.121. The molecule has 0 saturated heterocycles. The van der Waals surface area contributed by atoms with Crippen LogP contribution in [0.25, 0.3) is 0 Å². The minimum Gasteiger partial charge on any atom is -0.361 e. The molecular weight excluding hydrogens is 294 g/mol. The molecule has 2 rings (SSSR count). The fraction of sp³-hybridized carbons (Fsp3) is 0.500. The van der Waals surface area contributed by atoms with Gasteiger partial charge in [-0.05, 0) is 33.3 Å². The normalized spacial score (nSPS) is 10.7. The van der Waals surface area contributed by atoms with Gasteiger partial charge in [0.2, 0.25) is 11.9 Å². The van der Waals surface area contributed by atoms with E-state index in [9.17, 15) is 4.79 Å². The highest BCUT2D eigenvalue weighted by atomic mass is 16.5. The molecule has 0 bridgehead atoms. The summed E-state index contributed by atoms with van der Waals surface area (Å²) in [5.41, 5.74) is 3.53. The Morgan fingerprint density at radius 3 is 2.61 bits per heavy atom. The van der Waals surface area contributed by atoms with Crippen molar-refractivity contribution in [3.05, 3.63) is 34.5 Å². The van der Waals surface area contributed by atoms with Crippen LogP contribution in [0.15, 0.2) is 10.6 Å². The zero-order valence-corrected chi connectivity index (χ0v) is 14.3. The quantitative estimate of drug-likeness (QED) is 0.873. The van der Waals surface area contributed by atoms with Gasteiger partial charge in [-0.25, -0.2) is 9.97 Å². The number of amides is 1. The Hall–Kier alpha value is -2.44. The van der Waals surface area contributed by atoms with Gasteiger partial charge in [-0.2, -0.15) is 0 Å². The summed E-state index contributed by atoms with van der Waals surface area (Å²) in [4.78, 5) is 22.6. The number of aryl methyl sites for hydroxylation is 3. The van der Waals surface area contributed by atoms with E-state index in [1.807, 2.05) is 45.8 Å². The Bertz CT molecular complexity index is 674. The van der Waals surface area contributed by atoms with Crippen molar-refractivity contribution < 1.29 is 9.32 Å². The number of hydrogen-bond donors (Lipinski definition) is 1. The molecule has 124 valence electrons. The van der Waals surface area contributed by atoms with Crippen LogP contribution < -0.4 is 10.2 Å². The van der Waals surface area contributed by atoms with E-state index in [4.69, 9.17) is 4.52 Å². The summed E-state index contributed by atoms with van der Waals surface area (Å²) in [5, 5.41) is 6.79. The third-order valence-corrected chi connectivity index (χ3v) is 3.55. The minimum absolute atomic E-state index is 0.0207. The number of anilines is 1. The number of aromatic nitrogens is 3. The Morgan fingerprint density at radius 1 is 1.26 bits per heavy atom. The van der Waals surface area contributed by atoms with Crippen molar-refractivity contribution in [1.82, 2.24) is 20.4 Å². The molecule has 0 aromatic carbocycles. The lowest BCUT2D eigenvalue weighted by Crippen LogP contribution is -2.24. The first-order valence-electron chi connectivity index (χ1n) is 7.57. The Morgan fingerprint density at radius 2 is 2.00 bits per heavy atom. The molecule has 23 heavy (non-hydrogen) atoms. The molecule has 0 aliphatic carbocycles. The van der Waals surface area contributed by atoms with E-state index in [0.29, 0.717) is 25.3 Å². The number of hydrogen-bond acceptors (Lipinski definition) is 6. The highest BCUT2D eigenvalue weighted by Crippen LogP contribution is 2.14. The molecule has 0 radical (unpaired) electrons. The predicted octanol–water partition coefficient (Wildman–Crippen LogP) is 1.70. The molecule has 1 N–H and O–H groups in total. The number of rotatable bonds is 6. The predicted molar refractivity (Wildman–Crippen MR) is 87.2 cm³/mol. The van der Waals surface area contributed by atoms with E-state index < -0.39 is 0 Å². The van der Waals surface area contributed by atoms with Crippen molar-refractivity contribution in [2.24, 2.45) is 0 Å². The minimum atomic E-state index is -0.0207. The maximum Gasteiger partial charge on any atom is 0.225 e. The molecule has 0 unspecified atom stereocenters. The Balaban J connectivity index is 1.89. The lowest BCUT2D eigenvalue weighted by atomic mass is 10.1. The fourth-order valence-electron chi connectivity index (χ4n) is 2.28. The molecule has 0 spiro atoms. The highest BCUT2D eigenvalue weighted by molar-refractivity contribution is 5.76. The van der Waals surface area contributed by atoms with E-state index >= 15 is 0 Å². The Kier molecular flexibility index (Phi) is 5.31. The van der Waals surface area contributed by atoms with Gasteiger partial charge in [-0.15, -0.1) is 0 Å². The largest absolute Gasteiger partial charge is 0.361 e. The summed E-state index contributed by atoms with van der Waals surface area (Å²) in [6.45, 7) is 6.05. The summed E-state index contributed by atoms with van der Waals surface area (Å²) < 4.78 is 5.10. The van der Waals surface area contributed by atoms with E-state index in [1.165, 1.54) is 0 Å². The van der Waals surface area contributed by atoms with Crippen LogP contribution in [-0.4, -0.2) is 35.1 Å². The Labute approximate surface area is 136 Å². The highest BCUT2D eigenvalue weighted by Gasteiger charge is 2.11. The maximum atomic E-state index is 12.0. The van der Waals surface area contributed by atoms with Crippen LogP contribution in [0.2, 0.25) is 0 Å². The molecule has 1 amide bonds. The van der Waals surface area contributed by atoms with Crippen LogP contribution >= 0.6 is 0 Å². The van der Waals surface area contributed by atoms with Crippen molar-refractivity contribution in [1.29, 1.82) is 0 Å². The molecule has 0 fully saturated rings. The number of carbonyl (C=O) groups excluding carboxylic acids is 1. The zero-order chi connectivity index (χ0) is 17.0. The summed E-state index contributed by atoms with van der Waals surface area (Å²) in [6.07, 6.45) is 1.02. The smallest absolute Gasteiger partial charge is 0.225 e. The van der Waals surface area contributed by atoms with Crippen LogP contribution in [0.5, 0.6) is 0 Å². The summed E-state index contributed by atoms with van der Waals surface area (Å²) in [7, 11) is 3.78. The third kappa shape index (κ3) is 4.51. The SMILES string of the molecule is Cc1cc(CNC(=O)CCc2c(C)noc2C)nc(N(C)C)n1. The van der Waals surface area contributed by atoms with Crippen LogP contribution in [0, 0.1) is 20.8 Å². The van der Waals surface area contributed by atoms with Gasteiger partial charge in [-0.1, -0.05) is 5.16 Å². The van der Waals surface area contributed by atoms with Gasteiger partial charge in [0.05, 0.1) is 17.9 Å². The molecule has 2 aromatic rings. The van der Waals surface area contributed by atoms with E-state index in [0.717, 1.165) is 28.4 Å². The van der Waals surface area contributed by atoms with Crippen molar-refractivity contribution >= 4 is 11.9 Å². The molecular formula is C16H23N5O2. The summed E-state index contributed by atoms with van der Waals surface area (Å²) >= 11 is 0. The molecule has 0 aliphatic rings. The molecule has 0 atom stereocenters. The molecule has 7 nitrogen and oxygen atoms in total. The zero-order valence-electron chi connectivity index (χ0n) is 14.3. The van der Waals surface area contributed by atoms with Crippen LogP contribution in [0.1, 0.15) is 34.8 Å². The first-order chi connectivity index (χ1) is 10.9. The molecule has 2 aromatic heterocycles. The van der Waals surface area contributed by atoms with Gasteiger partial charge in [0.1, 0.15) is 5.76 Å². The third-order valence-electron chi connectivity index (χ3n) is 3.55. The second-order valence-electron chi connectivity index (χ2n) is 5.77. The summed E-state index contributed by atoms with van der Waals surface area (Å²) in [6, 6.07) is 1.88. The molecule has 0 saturated carbocycles. The number of nitrogens with one attached hydrogen (secondary N) is 1. The second-order valence-corrected chi connectivity index (χ2v) is 5.77. The van der Waals surface area contributed by atoms with Gasteiger partial charge in [0, 0.05) is 31.8 Å². The van der Waals surface area contributed by atoms with E-state index in [-0.39, 0.29) is 5.91 Å². The average Bonchev–Trinajstić information content (AvgIpc) is 2.81. The van der Waals surface area contributed by atoms with Gasteiger partial charge < -0.3 is 14.7 Å². The van der Waals surface area contributed by atoms with Crippen molar-refractivity contribution in [2.75, 3.05) is 19.0 Å². The van der Waals surface area contributed by atoms with Gasteiger partial charge in [-0.3, -0.25) is 4.79 Å². The maximum absolute atomic E-state index is 12.0. The van der Waals surface area contributed by atoms with Crippen LogP contribution in [0.3, 0.4) is 0 Å². The van der Waals surface area contributed by atoms with E-state index in [1.54, 1.807) is 0 Å². The standard InChI is InChI=1S/C16H23N5O2/c1-10-8-13(19-16(18-10)21(4)5)9-17-15(22)7-6-14-11(2)20-23-12(14)3/h8H,6-7,9H2,1-5H3,(H,17,22). The first kappa shape index (κ1) is 16.9. The lowest BCUT2D eigenvalue weighted by Gasteiger charge is -2.12. The van der Waals surface area contributed by atoms with Crippen molar-refractivity contribution in [3.63, 3.8) is 0 Å². The number of carbonyl (C=O) groups is 1. The first-order valence-corrected chi connectivity index (χ1v) is 7.57. The fourth-order valence-corrected chi connectivity index (χ4v) is 2.28. The van der Waals surface area contributed by atoms with Crippen molar-refractivity contribution in [3.8, 4) is 0 Å². The summed E-state index contributed by atoms with van der Waals surface area (Å²) in [5.74, 6) is 1.40. The second kappa shape index (κ2) is 7.21. The van der Waals surface area contributed by atoms with Crippen LogP contribution in [-0.2, 0) is 17.8 Å². The van der Waals surface area contributed by atoms with Crippen LogP contribution in [0.4, 0.5) is 5.95 Å². The van der Waals surface area contributed by atoms with Gasteiger partial charge >= 0.3 is 0 Å².